The van der Waals surface area contributed by atoms with Gasteiger partial charge in [0, 0.05) is 23.7 Å². The number of hydrogen-bond acceptors (Lipinski definition) is 3. The van der Waals surface area contributed by atoms with E-state index in [1.54, 1.807) is 11.3 Å². The van der Waals surface area contributed by atoms with Gasteiger partial charge in [0.05, 0.1) is 11.4 Å². The fourth-order valence-corrected chi connectivity index (χ4v) is 2.74. The van der Waals surface area contributed by atoms with Crippen LogP contribution in [-0.4, -0.2) is 15.4 Å². The minimum absolute atomic E-state index is 0.276. The number of rotatable bonds is 4. The third-order valence-electron chi connectivity index (χ3n) is 2.76. The van der Waals surface area contributed by atoms with Crippen LogP contribution in [0.4, 0.5) is 0 Å². The van der Waals surface area contributed by atoms with Crippen molar-refractivity contribution in [1.29, 1.82) is 0 Å². The van der Waals surface area contributed by atoms with Gasteiger partial charge in [0.2, 0.25) is 0 Å². The van der Waals surface area contributed by atoms with E-state index in [-0.39, 0.29) is 6.04 Å². The van der Waals surface area contributed by atoms with Gasteiger partial charge < -0.3 is 5.32 Å². The van der Waals surface area contributed by atoms with Crippen LogP contribution in [0.1, 0.15) is 31.3 Å². The van der Waals surface area contributed by atoms with Gasteiger partial charge in [-0.1, -0.05) is 6.08 Å². The van der Waals surface area contributed by atoms with Gasteiger partial charge in [-0.05, 0) is 20.8 Å². The minimum Gasteiger partial charge on any atom is -0.303 e. The molecule has 2 rings (SSSR count). The van der Waals surface area contributed by atoms with Crippen LogP contribution in [0.15, 0.2) is 24.2 Å². The molecule has 0 aliphatic carbocycles. The standard InChI is InChI=1S/C12H17N3S/c1-5-8(2)13-9(3)11-10(4)14-12-15(11)6-7-16-12/h5-9,13H,1H2,2-4H3. The van der Waals surface area contributed by atoms with Crippen molar-refractivity contribution in [3.8, 4) is 0 Å². The Kier molecular flexibility index (Phi) is 3.12. The van der Waals surface area contributed by atoms with Gasteiger partial charge in [-0.2, -0.15) is 0 Å². The topological polar surface area (TPSA) is 29.3 Å². The highest BCUT2D eigenvalue weighted by Crippen LogP contribution is 2.22. The summed E-state index contributed by atoms with van der Waals surface area (Å²) in [5, 5.41) is 5.54. The first kappa shape index (κ1) is 11.4. The Labute approximate surface area is 99.8 Å². The van der Waals surface area contributed by atoms with Crippen LogP contribution in [-0.2, 0) is 0 Å². The van der Waals surface area contributed by atoms with Crippen LogP contribution < -0.4 is 5.32 Å². The Morgan fingerprint density at radius 1 is 1.56 bits per heavy atom. The fourth-order valence-electron chi connectivity index (χ4n) is 1.97. The second-order valence-electron chi connectivity index (χ2n) is 4.05. The summed E-state index contributed by atoms with van der Waals surface area (Å²) in [6.45, 7) is 10.1. The first-order valence-corrected chi connectivity index (χ1v) is 6.32. The van der Waals surface area contributed by atoms with Crippen molar-refractivity contribution < 1.29 is 0 Å². The molecule has 1 N–H and O–H groups in total. The molecule has 3 nitrogen and oxygen atoms in total. The number of nitrogens with one attached hydrogen (secondary N) is 1. The van der Waals surface area contributed by atoms with Gasteiger partial charge in [-0.3, -0.25) is 4.40 Å². The maximum absolute atomic E-state index is 4.54. The minimum atomic E-state index is 0.276. The molecule has 0 fully saturated rings. The number of thiazole rings is 1. The lowest BCUT2D eigenvalue weighted by molar-refractivity contribution is 0.522. The summed E-state index contributed by atoms with van der Waals surface area (Å²) in [6, 6.07) is 0.580. The van der Waals surface area contributed by atoms with Gasteiger partial charge in [-0.25, -0.2) is 4.98 Å². The molecule has 2 aromatic rings. The van der Waals surface area contributed by atoms with Crippen molar-refractivity contribution in [2.45, 2.75) is 32.9 Å². The summed E-state index contributed by atoms with van der Waals surface area (Å²) in [6.07, 6.45) is 3.99. The molecule has 2 atom stereocenters. The second-order valence-corrected chi connectivity index (χ2v) is 4.92. The smallest absolute Gasteiger partial charge is 0.194 e. The van der Waals surface area contributed by atoms with Gasteiger partial charge in [0.15, 0.2) is 4.96 Å². The molecule has 2 heterocycles. The molecule has 0 saturated carbocycles. The molecule has 0 bridgehead atoms. The summed E-state index contributed by atoms with van der Waals surface area (Å²) in [5.41, 5.74) is 2.34. The maximum Gasteiger partial charge on any atom is 0.194 e. The van der Waals surface area contributed by atoms with Crippen LogP contribution >= 0.6 is 11.3 Å². The van der Waals surface area contributed by atoms with Crippen molar-refractivity contribution in [3.05, 3.63) is 35.6 Å². The molecule has 86 valence electrons. The first-order valence-electron chi connectivity index (χ1n) is 5.44. The summed E-state index contributed by atoms with van der Waals surface area (Å²) < 4.78 is 2.16. The molecule has 2 aromatic heterocycles. The highest BCUT2D eigenvalue weighted by atomic mass is 32.1. The Bertz CT molecular complexity index is 497. The van der Waals surface area contributed by atoms with E-state index in [1.807, 2.05) is 6.08 Å². The fraction of sp³-hybridized carbons (Fsp3) is 0.417. The summed E-state index contributed by atoms with van der Waals surface area (Å²) in [7, 11) is 0. The first-order chi connectivity index (χ1) is 7.63. The van der Waals surface area contributed by atoms with E-state index >= 15 is 0 Å². The molecule has 0 aliphatic heterocycles. The van der Waals surface area contributed by atoms with Crippen molar-refractivity contribution >= 4 is 16.3 Å². The molecule has 2 unspecified atom stereocenters. The van der Waals surface area contributed by atoms with E-state index in [4.69, 9.17) is 0 Å². The van der Waals surface area contributed by atoms with Crippen molar-refractivity contribution in [3.63, 3.8) is 0 Å². The number of aromatic nitrogens is 2. The largest absolute Gasteiger partial charge is 0.303 e. The lowest BCUT2D eigenvalue weighted by Gasteiger charge is -2.17. The average molecular weight is 235 g/mol. The van der Waals surface area contributed by atoms with E-state index in [9.17, 15) is 0 Å². The maximum atomic E-state index is 4.54. The van der Waals surface area contributed by atoms with Gasteiger partial charge in [0.25, 0.3) is 0 Å². The normalized spacial score (nSPS) is 15.2. The highest BCUT2D eigenvalue weighted by molar-refractivity contribution is 7.15. The van der Waals surface area contributed by atoms with Crippen molar-refractivity contribution in [2.75, 3.05) is 0 Å². The Hall–Kier alpha value is -1.13. The quantitative estimate of drug-likeness (QED) is 0.826. The Morgan fingerprint density at radius 3 is 3.00 bits per heavy atom. The molecule has 0 saturated heterocycles. The zero-order valence-corrected chi connectivity index (χ0v) is 10.7. The Morgan fingerprint density at radius 2 is 2.31 bits per heavy atom. The average Bonchev–Trinajstić information content (AvgIpc) is 2.76. The van der Waals surface area contributed by atoms with Crippen LogP contribution in [0.5, 0.6) is 0 Å². The molecular weight excluding hydrogens is 218 g/mol. The number of nitrogens with zero attached hydrogens (tertiary/aromatic N) is 2. The summed E-state index contributed by atoms with van der Waals surface area (Å²) in [5.74, 6) is 0. The monoisotopic (exact) mass is 235 g/mol. The molecule has 0 aliphatic rings. The summed E-state index contributed by atoms with van der Waals surface area (Å²) >= 11 is 1.67. The lowest BCUT2D eigenvalue weighted by Crippen LogP contribution is -2.28. The van der Waals surface area contributed by atoms with E-state index in [0.29, 0.717) is 6.04 Å². The van der Waals surface area contributed by atoms with Crippen LogP contribution in [0.3, 0.4) is 0 Å². The number of hydrogen-bond donors (Lipinski definition) is 1. The highest BCUT2D eigenvalue weighted by Gasteiger charge is 2.16. The summed E-state index contributed by atoms with van der Waals surface area (Å²) in [4.78, 5) is 5.61. The zero-order chi connectivity index (χ0) is 11.7. The van der Waals surface area contributed by atoms with Gasteiger partial charge in [0.1, 0.15) is 0 Å². The molecule has 0 aromatic carbocycles. The molecule has 0 spiro atoms. The van der Waals surface area contributed by atoms with E-state index < -0.39 is 0 Å². The molecule has 16 heavy (non-hydrogen) atoms. The Balaban J connectivity index is 2.34. The van der Waals surface area contributed by atoms with Crippen LogP contribution in [0.25, 0.3) is 4.96 Å². The van der Waals surface area contributed by atoms with Crippen molar-refractivity contribution in [2.24, 2.45) is 0 Å². The SMILES string of the molecule is C=CC(C)NC(C)c1c(C)nc2sccn12. The molecule has 4 heteroatoms. The van der Waals surface area contributed by atoms with Crippen LogP contribution in [0, 0.1) is 6.92 Å². The van der Waals surface area contributed by atoms with Gasteiger partial charge >= 0.3 is 0 Å². The molecular formula is C12H17N3S. The van der Waals surface area contributed by atoms with E-state index in [2.05, 4.69) is 53.6 Å². The molecule has 0 radical (unpaired) electrons. The third-order valence-corrected chi connectivity index (χ3v) is 3.52. The predicted molar refractivity (Wildman–Crippen MR) is 69.0 cm³/mol. The molecule has 0 amide bonds. The lowest BCUT2D eigenvalue weighted by atomic mass is 10.1. The van der Waals surface area contributed by atoms with Crippen LogP contribution in [0.2, 0.25) is 0 Å². The second kappa shape index (κ2) is 4.39. The van der Waals surface area contributed by atoms with Crippen molar-refractivity contribution in [1.82, 2.24) is 14.7 Å². The zero-order valence-electron chi connectivity index (χ0n) is 9.90. The van der Waals surface area contributed by atoms with Gasteiger partial charge in [-0.15, -0.1) is 17.9 Å². The van der Waals surface area contributed by atoms with E-state index in [1.165, 1.54) is 5.69 Å². The van der Waals surface area contributed by atoms with E-state index in [0.717, 1.165) is 10.7 Å². The number of aryl methyl sites for hydroxylation is 1. The third kappa shape index (κ3) is 1.90. The number of fused-ring (bicyclic) bond motifs is 1. The predicted octanol–water partition coefficient (Wildman–Crippen LogP) is 2.93. The number of imidazole rings is 1.